The Kier molecular flexibility index (Phi) is 5.37. The molecule has 118 valence electrons. The van der Waals surface area contributed by atoms with Gasteiger partial charge >= 0.3 is 5.97 Å². The van der Waals surface area contributed by atoms with Gasteiger partial charge in [0.05, 0.1) is 12.3 Å². The largest absolute Gasteiger partial charge is 0.462 e. The van der Waals surface area contributed by atoms with Gasteiger partial charge in [-0.1, -0.05) is 18.7 Å². The second kappa shape index (κ2) is 7.26. The van der Waals surface area contributed by atoms with E-state index in [0.29, 0.717) is 28.8 Å². The molecule has 2 heterocycles. The number of rotatable bonds is 6. The normalized spacial score (nSPS) is 11.3. The number of hydrogen-bond acceptors (Lipinski definition) is 7. The van der Waals surface area contributed by atoms with Crippen LogP contribution in [0.4, 0.5) is 0 Å². The van der Waals surface area contributed by atoms with Crippen LogP contribution in [0.2, 0.25) is 0 Å². The van der Waals surface area contributed by atoms with Gasteiger partial charge in [0.25, 0.3) is 5.78 Å². The Morgan fingerprint density at radius 1 is 1.45 bits per heavy atom. The summed E-state index contributed by atoms with van der Waals surface area (Å²) in [6.07, 6.45) is 5.12. The standard InChI is InChI=1S/C14H19N5O2S/c1-5-21-12(20)10-9-15-13-16-14(22-6-2)17-19(13)11(10)7-8-18(3)4/h7-9H,5-6H2,1-4H3/b8-7+. The van der Waals surface area contributed by atoms with Gasteiger partial charge < -0.3 is 9.64 Å². The third-order valence-electron chi connectivity index (χ3n) is 2.68. The van der Waals surface area contributed by atoms with Crippen molar-refractivity contribution in [2.24, 2.45) is 0 Å². The van der Waals surface area contributed by atoms with Crippen molar-refractivity contribution in [1.82, 2.24) is 24.5 Å². The second-order valence-corrected chi connectivity index (χ2v) is 5.83. The third kappa shape index (κ3) is 3.56. The zero-order valence-electron chi connectivity index (χ0n) is 13.1. The summed E-state index contributed by atoms with van der Waals surface area (Å²) >= 11 is 1.52. The highest BCUT2D eigenvalue weighted by Gasteiger charge is 2.17. The minimum atomic E-state index is -0.421. The van der Waals surface area contributed by atoms with Gasteiger partial charge in [-0.2, -0.15) is 9.50 Å². The number of thioether (sulfide) groups is 1. The molecule has 0 fully saturated rings. The highest BCUT2D eigenvalue weighted by molar-refractivity contribution is 7.99. The van der Waals surface area contributed by atoms with E-state index in [1.165, 1.54) is 18.0 Å². The molecule has 8 heteroatoms. The molecule has 0 aliphatic heterocycles. The van der Waals surface area contributed by atoms with Gasteiger partial charge in [-0.05, 0) is 18.8 Å². The molecule has 22 heavy (non-hydrogen) atoms. The number of carbonyl (C=O) groups excluding carboxylic acids is 1. The van der Waals surface area contributed by atoms with E-state index in [1.807, 2.05) is 32.1 Å². The van der Waals surface area contributed by atoms with Crippen LogP contribution in [0.5, 0.6) is 0 Å². The van der Waals surface area contributed by atoms with Crippen molar-refractivity contribution < 1.29 is 9.53 Å². The molecular weight excluding hydrogens is 302 g/mol. The monoisotopic (exact) mass is 321 g/mol. The fourth-order valence-electron chi connectivity index (χ4n) is 1.77. The van der Waals surface area contributed by atoms with Crippen LogP contribution in [0.3, 0.4) is 0 Å². The van der Waals surface area contributed by atoms with Crippen LogP contribution < -0.4 is 0 Å². The van der Waals surface area contributed by atoms with Gasteiger partial charge in [0, 0.05) is 26.5 Å². The smallest absolute Gasteiger partial charge is 0.341 e. The van der Waals surface area contributed by atoms with Crippen LogP contribution in [0.15, 0.2) is 17.6 Å². The maximum atomic E-state index is 12.1. The van der Waals surface area contributed by atoms with E-state index >= 15 is 0 Å². The lowest BCUT2D eigenvalue weighted by Crippen LogP contribution is -2.12. The first-order valence-electron chi connectivity index (χ1n) is 6.97. The summed E-state index contributed by atoms with van der Waals surface area (Å²) in [5.41, 5.74) is 0.970. The highest BCUT2D eigenvalue weighted by atomic mass is 32.2. The average Bonchev–Trinajstić information content (AvgIpc) is 2.87. The summed E-state index contributed by atoms with van der Waals surface area (Å²) in [7, 11) is 3.80. The first-order chi connectivity index (χ1) is 10.6. The van der Waals surface area contributed by atoms with E-state index in [-0.39, 0.29) is 0 Å². The molecule has 0 spiro atoms. The van der Waals surface area contributed by atoms with Gasteiger partial charge in [0.15, 0.2) is 0 Å². The van der Waals surface area contributed by atoms with Gasteiger partial charge in [-0.15, -0.1) is 5.10 Å². The number of fused-ring (bicyclic) bond motifs is 1. The number of ether oxygens (including phenoxy) is 1. The van der Waals surface area contributed by atoms with Gasteiger partial charge in [-0.3, -0.25) is 0 Å². The summed E-state index contributed by atoms with van der Waals surface area (Å²) in [4.78, 5) is 22.5. The lowest BCUT2D eigenvalue weighted by atomic mass is 10.2. The predicted molar refractivity (Wildman–Crippen MR) is 85.9 cm³/mol. The first-order valence-corrected chi connectivity index (χ1v) is 7.95. The molecule has 0 N–H and O–H groups in total. The van der Waals surface area contributed by atoms with Crippen LogP contribution in [-0.2, 0) is 4.74 Å². The van der Waals surface area contributed by atoms with Crippen molar-refractivity contribution in [3.8, 4) is 0 Å². The van der Waals surface area contributed by atoms with Crippen molar-refractivity contribution >= 4 is 29.6 Å². The van der Waals surface area contributed by atoms with Crippen LogP contribution in [-0.4, -0.2) is 56.9 Å². The number of aromatic nitrogens is 4. The molecular formula is C14H19N5O2S. The maximum Gasteiger partial charge on any atom is 0.341 e. The Bertz CT molecular complexity index is 696. The molecule has 0 aliphatic rings. The van der Waals surface area contributed by atoms with E-state index in [9.17, 15) is 4.79 Å². The number of hydrogen-bond donors (Lipinski definition) is 0. The van der Waals surface area contributed by atoms with Crippen LogP contribution in [0, 0.1) is 0 Å². The van der Waals surface area contributed by atoms with Crippen LogP contribution in [0.25, 0.3) is 11.9 Å². The summed E-state index contributed by atoms with van der Waals surface area (Å²) in [5.74, 6) is 0.905. The van der Waals surface area contributed by atoms with E-state index in [4.69, 9.17) is 4.74 Å². The first kappa shape index (κ1) is 16.3. The zero-order chi connectivity index (χ0) is 16.1. The zero-order valence-corrected chi connectivity index (χ0v) is 13.9. The Labute approximate surface area is 133 Å². The fraction of sp³-hybridized carbons (Fsp3) is 0.429. The number of carbonyl (C=O) groups is 1. The Hall–Kier alpha value is -2.09. The van der Waals surface area contributed by atoms with Crippen LogP contribution in [0.1, 0.15) is 29.9 Å². The summed E-state index contributed by atoms with van der Waals surface area (Å²) < 4.78 is 6.66. The number of esters is 1. The molecule has 2 aromatic heterocycles. The van der Waals surface area contributed by atoms with E-state index in [2.05, 4.69) is 15.1 Å². The lowest BCUT2D eigenvalue weighted by Gasteiger charge is -2.08. The van der Waals surface area contributed by atoms with Crippen molar-refractivity contribution in [1.29, 1.82) is 0 Å². The van der Waals surface area contributed by atoms with Gasteiger partial charge in [0.1, 0.15) is 5.56 Å². The SMILES string of the molecule is CCOC(=O)c1cnc2nc(SCC)nn2c1/C=C/N(C)C. The molecule has 2 rings (SSSR count). The lowest BCUT2D eigenvalue weighted by molar-refractivity contribution is 0.0525. The van der Waals surface area contributed by atoms with E-state index in [1.54, 1.807) is 17.5 Å². The third-order valence-corrected chi connectivity index (χ3v) is 3.40. The van der Waals surface area contributed by atoms with Crippen molar-refractivity contribution in [2.75, 3.05) is 26.5 Å². The Morgan fingerprint density at radius 3 is 2.86 bits per heavy atom. The number of nitrogens with zero attached hydrogens (tertiary/aromatic N) is 5. The molecule has 7 nitrogen and oxygen atoms in total. The molecule has 0 saturated carbocycles. The molecule has 0 unspecified atom stereocenters. The predicted octanol–water partition coefficient (Wildman–Crippen LogP) is 1.95. The quantitative estimate of drug-likeness (QED) is 0.594. The Balaban J connectivity index is 2.58. The molecule has 0 bridgehead atoms. The molecule has 0 aromatic carbocycles. The topological polar surface area (TPSA) is 72.6 Å². The molecule has 2 aromatic rings. The minimum absolute atomic E-state index is 0.308. The molecule has 0 saturated heterocycles. The maximum absolute atomic E-state index is 12.1. The molecule has 0 amide bonds. The molecule has 0 aliphatic carbocycles. The summed E-state index contributed by atoms with van der Waals surface area (Å²) in [6, 6.07) is 0. The highest BCUT2D eigenvalue weighted by Crippen LogP contribution is 2.17. The summed E-state index contributed by atoms with van der Waals surface area (Å²) in [5, 5.41) is 5.05. The van der Waals surface area contributed by atoms with Crippen molar-refractivity contribution in [3.05, 3.63) is 23.7 Å². The molecule has 0 atom stereocenters. The Morgan fingerprint density at radius 2 is 2.23 bits per heavy atom. The molecule has 0 radical (unpaired) electrons. The van der Waals surface area contributed by atoms with E-state index in [0.717, 1.165) is 5.75 Å². The summed E-state index contributed by atoms with van der Waals surface area (Å²) in [6.45, 7) is 4.10. The average molecular weight is 321 g/mol. The van der Waals surface area contributed by atoms with Crippen LogP contribution >= 0.6 is 11.8 Å². The van der Waals surface area contributed by atoms with Crippen molar-refractivity contribution in [3.63, 3.8) is 0 Å². The van der Waals surface area contributed by atoms with Gasteiger partial charge in [0.2, 0.25) is 5.16 Å². The second-order valence-electron chi connectivity index (χ2n) is 4.60. The van der Waals surface area contributed by atoms with Crippen molar-refractivity contribution in [2.45, 2.75) is 19.0 Å². The van der Waals surface area contributed by atoms with E-state index < -0.39 is 5.97 Å². The van der Waals surface area contributed by atoms with Gasteiger partial charge in [-0.25, -0.2) is 9.78 Å². The fourth-order valence-corrected chi connectivity index (χ4v) is 2.31. The minimum Gasteiger partial charge on any atom is -0.462 e.